The third-order valence-corrected chi connectivity index (χ3v) is 2.59. The quantitative estimate of drug-likeness (QED) is 0.515. The van der Waals surface area contributed by atoms with Crippen molar-refractivity contribution in [2.45, 2.75) is 20.3 Å². The van der Waals surface area contributed by atoms with Gasteiger partial charge in [0.15, 0.2) is 0 Å². The maximum Gasteiger partial charge on any atom is 0.115 e. The Morgan fingerprint density at radius 3 is 2.38 bits per heavy atom. The van der Waals surface area contributed by atoms with Crippen LogP contribution >= 0.6 is 0 Å². The highest BCUT2D eigenvalue weighted by Crippen LogP contribution is 1.92. The standard InChI is InChI=1S/C7H15S/c1-4-6-7-8(3)5-2/h6-7H,4-5H2,1-3H3/q+1/b7-6+. The topological polar surface area (TPSA) is 0 Å². The number of rotatable bonds is 3. The highest BCUT2D eigenvalue weighted by Gasteiger charge is 1.97. The smallest absolute Gasteiger partial charge is 0.0617 e. The zero-order valence-electron chi connectivity index (χ0n) is 5.98. The molecular weight excluding hydrogens is 116 g/mol. The summed E-state index contributed by atoms with van der Waals surface area (Å²) in [5.41, 5.74) is 0. The monoisotopic (exact) mass is 131 g/mol. The van der Waals surface area contributed by atoms with Gasteiger partial charge in [0.05, 0.1) is 0 Å². The van der Waals surface area contributed by atoms with Crippen molar-refractivity contribution in [3.05, 3.63) is 11.5 Å². The van der Waals surface area contributed by atoms with Crippen molar-refractivity contribution in [3.63, 3.8) is 0 Å². The van der Waals surface area contributed by atoms with Gasteiger partial charge in [0, 0.05) is 10.9 Å². The van der Waals surface area contributed by atoms with Gasteiger partial charge in [-0.3, -0.25) is 0 Å². The number of hydrogen-bond donors (Lipinski definition) is 0. The third kappa shape index (κ3) is 4.25. The first kappa shape index (κ1) is 8.09. The van der Waals surface area contributed by atoms with Crippen molar-refractivity contribution in [2.75, 3.05) is 12.0 Å². The first-order valence-corrected chi connectivity index (χ1v) is 4.95. The maximum absolute atomic E-state index is 2.31. The van der Waals surface area contributed by atoms with E-state index in [9.17, 15) is 0 Å². The molecule has 1 unspecified atom stereocenters. The van der Waals surface area contributed by atoms with Crippen LogP contribution in [-0.2, 0) is 10.9 Å². The fraction of sp³-hybridized carbons (Fsp3) is 0.714. The summed E-state index contributed by atoms with van der Waals surface area (Å²) in [5, 5.41) is 2.31. The van der Waals surface area contributed by atoms with E-state index < -0.39 is 0 Å². The molecule has 0 aliphatic carbocycles. The number of allylic oxidation sites excluding steroid dienone is 1. The molecule has 0 amide bonds. The van der Waals surface area contributed by atoms with Crippen molar-refractivity contribution in [1.29, 1.82) is 0 Å². The molecule has 0 radical (unpaired) electrons. The molecule has 1 atom stereocenters. The molecule has 0 aromatic carbocycles. The minimum atomic E-state index is 0.543. The summed E-state index contributed by atoms with van der Waals surface area (Å²) in [6.45, 7) is 4.40. The van der Waals surface area contributed by atoms with Gasteiger partial charge >= 0.3 is 0 Å². The molecule has 0 aliphatic rings. The first-order valence-electron chi connectivity index (χ1n) is 3.09. The molecule has 8 heavy (non-hydrogen) atoms. The lowest BCUT2D eigenvalue weighted by Crippen LogP contribution is -1.94. The second-order valence-corrected chi connectivity index (χ2v) is 3.99. The summed E-state index contributed by atoms with van der Waals surface area (Å²) >= 11 is 0. The first-order chi connectivity index (χ1) is 3.81. The molecule has 0 rings (SSSR count). The normalized spacial score (nSPS) is 14.9. The van der Waals surface area contributed by atoms with Crippen LogP contribution < -0.4 is 0 Å². The van der Waals surface area contributed by atoms with Crippen LogP contribution in [-0.4, -0.2) is 12.0 Å². The van der Waals surface area contributed by atoms with Crippen LogP contribution in [0.4, 0.5) is 0 Å². The predicted octanol–water partition coefficient (Wildman–Crippen LogP) is 2.18. The molecule has 0 aromatic heterocycles. The molecule has 0 nitrogen and oxygen atoms in total. The zero-order valence-corrected chi connectivity index (χ0v) is 6.79. The molecule has 0 bridgehead atoms. The Labute approximate surface area is 55.3 Å². The molecule has 0 saturated carbocycles. The van der Waals surface area contributed by atoms with E-state index in [0.29, 0.717) is 10.9 Å². The largest absolute Gasteiger partial charge is 0.115 e. The van der Waals surface area contributed by atoms with E-state index in [1.165, 1.54) is 12.2 Å². The van der Waals surface area contributed by atoms with Crippen LogP contribution in [0.5, 0.6) is 0 Å². The molecule has 1 heteroatoms. The SMILES string of the molecule is CC/C=C/[S+](C)CC. The van der Waals surface area contributed by atoms with Crippen LogP contribution in [0.2, 0.25) is 0 Å². The van der Waals surface area contributed by atoms with Crippen LogP contribution in [0, 0.1) is 0 Å². The molecular formula is C7H15S+. The fourth-order valence-corrected chi connectivity index (χ4v) is 1.07. The van der Waals surface area contributed by atoms with Crippen molar-refractivity contribution >= 4 is 10.9 Å². The maximum atomic E-state index is 2.31. The molecule has 0 N–H and O–H groups in total. The Morgan fingerprint density at radius 1 is 1.38 bits per heavy atom. The van der Waals surface area contributed by atoms with E-state index >= 15 is 0 Å². The lowest BCUT2D eigenvalue weighted by molar-refractivity contribution is 1.23. The summed E-state index contributed by atoms with van der Waals surface area (Å²) in [6, 6.07) is 0. The molecule has 0 aliphatic heterocycles. The van der Waals surface area contributed by atoms with Gasteiger partial charge < -0.3 is 0 Å². The van der Waals surface area contributed by atoms with E-state index in [4.69, 9.17) is 0 Å². The van der Waals surface area contributed by atoms with E-state index in [1.807, 2.05) is 0 Å². The summed E-state index contributed by atoms with van der Waals surface area (Å²) < 4.78 is 0. The Morgan fingerprint density at radius 2 is 2.00 bits per heavy atom. The summed E-state index contributed by atoms with van der Waals surface area (Å²) in [4.78, 5) is 0. The van der Waals surface area contributed by atoms with Crippen LogP contribution in [0.1, 0.15) is 20.3 Å². The van der Waals surface area contributed by atoms with E-state index in [1.54, 1.807) is 0 Å². The van der Waals surface area contributed by atoms with E-state index in [0.717, 1.165) is 0 Å². The predicted molar refractivity (Wildman–Crippen MR) is 43.3 cm³/mol. The lowest BCUT2D eigenvalue weighted by atomic mass is 10.5. The van der Waals surface area contributed by atoms with Crippen molar-refractivity contribution < 1.29 is 0 Å². The third-order valence-electron chi connectivity index (χ3n) is 1.02. The molecule has 0 saturated heterocycles. The van der Waals surface area contributed by atoms with Crippen LogP contribution in [0.15, 0.2) is 11.5 Å². The Hall–Kier alpha value is 0.0900. The highest BCUT2D eigenvalue weighted by atomic mass is 32.2. The van der Waals surface area contributed by atoms with Crippen molar-refractivity contribution in [3.8, 4) is 0 Å². The Kier molecular flexibility index (Phi) is 5.29. The van der Waals surface area contributed by atoms with Crippen LogP contribution in [0.25, 0.3) is 0 Å². The molecule has 0 spiro atoms. The fourth-order valence-electron chi connectivity index (χ4n) is 0.357. The van der Waals surface area contributed by atoms with Gasteiger partial charge in [-0.25, -0.2) is 0 Å². The molecule has 0 aromatic rings. The number of hydrogen-bond acceptors (Lipinski definition) is 0. The minimum absolute atomic E-state index is 0.543. The summed E-state index contributed by atoms with van der Waals surface area (Å²) in [6.07, 6.45) is 5.69. The summed E-state index contributed by atoms with van der Waals surface area (Å²) in [7, 11) is 0.543. The van der Waals surface area contributed by atoms with E-state index in [2.05, 4.69) is 31.6 Å². The Balaban J connectivity index is 3.21. The Bertz CT molecular complexity index is 66.8. The second kappa shape index (κ2) is 5.23. The van der Waals surface area contributed by atoms with Gasteiger partial charge in [0.25, 0.3) is 0 Å². The van der Waals surface area contributed by atoms with Crippen molar-refractivity contribution in [2.24, 2.45) is 0 Å². The second-order valence-electron chi connectivity index (χ2n) is 1.76. The average Bonchev–Trinajstić information content (AvgIpc) is 1.83. The van der Waals surface area contributed by atoms with E-state index in [-0.39, 0.29) is 0 Å². The van der Waals surface area contributed by atoms with Gasteiger partial charge in [-0.1, -0.05) is 6.92 Å². The molecule has 0 fully saturated rings. The highest BCUT2D eigenvalue weighted by molar-refractivity contribution is 7.98. The average molecular weight is 131 g/mol. The van der Waals surface area contributed by atoms with Gasteiger partial charge in [-0.15, -0.1) is 0 Å². The van der Waals surface area contributed by atoms with Crippen LogP contribution in [0.3, 0.4) is 0 Å². The molecule has 0 heterocycles. The van der Waals surface area contributed by atoms with Gasteiger partial charge in [0.2, 0.25) is 0 Å². The lowest BCUT2D eigenvalue weighted by Gasteiger charge is -1.86. The van der Waals surface area contributed by atoms with Gasteiger partial charge in [0.1, 0.15) is 17.4 Å². The zero-order chi connectivity index (χ0) is 6.41. The summed E-state index contributed by atoms with van der Waals surface area (Å²) in [5.74, 6) is 1.29. The van der Waals surface area contributed by atoms with Gasteiger partial charge in [-0.2, -0.15) is 0 Å². The van der Waals surface area contributed by atoms with Gasteiger partial charge in [-0.05, 0) is 19.4 Å². The van der Waals surface area contributed by atoms with Crippen molar-refractivity contribution in [1.82, 2.24) is 0 Å². The minimum Gasteiger partial charge on any atom is -0.0617 e. The molecule has 48 valence electrons.